The molecule has 3 aromatic rings. The summed E-state index contributed by atoms with van der Waals surface area (Å²) in [5.74, 6) is -1.74. The zero-order valence-electron chi connectivity index (χ0n) is 18.3. The Morgan fingerprint density at radius 3 is 2.74 bits per heavy atom. The highest BCUT2D eigenvalue weighted by Gasteiger charge is 2.34. The molecule has 0 unspecified atom stereocenters. The number of ether oxygens (including phenoxy) is 2. The maximum atomic E-state index is 14.6. The minimum Gasteiger partial charge on any atom is -0.490 e. The second kappa shape index (κ2) is 8.74. The summed E-state index contributed by atoms with van der Waals surface area (Å²) in [6.07, 6.45) is 3.41. The van der Waals surface area contributed by atoms with Gasteiger partial charge in [-0.1, -0.05) is 6.07 Å². The molecule has 7 nitrogen and oxygen atoms in total. The maximum absolute atomic E-state index is 14.6. The molecule has 2 aromatic carbocycles. The predicted octanol–water partition coefficient (Wildman–Crippen LogP) is 3.82. The molecule has 0 atom stereocenters. The average molecular weight is 465 g/mol. The number of halogens is 2. The topological polar surface area (TPSA) is 80.8 Å². The van der Waals surface area contributed by atoms with Gasteiger partial charge < -0.3 is 19.7 Å². The van der Waals surface area contributed by atoms with Crippen LogP contribution in [0.4, 0.5) is 14.5 Å². The van der Waals surface area contributed by atoms with E-state index in [0.717, 1.165) is 17.2 Å². The Bertz CT molecular complexity index is 1290. The summed E-state index contributed by atoms with van der Waals surface area (Å²) in [4.78, 5) is 29.8. The number of carbonyl (C=O) groups is 2. The smallest absolute Gasteiger partial charge is 0.262 e. The van der Waals surface area contributed by atoms with Crippen molar-refractivity contribution in [1.29, 1.82) is 0 Å². The van der Waals surface area contributed by atoms with E-state index in [2.05, 4.69) is 10.3 Å². The first-order chi connectivity index (χ1) is 16.4. The van der Waals surface area contributed by atoms with Crippen LogP contribution in [0.25, 0.3) is 11.1 Å². The van der Waals surface area contributed by atoms with Gasteiger partial charge in [-0.25, -0.2) is 8.78 Å². The Balaban J connectivity index is 1.18. The number of fused-ring (bicyclic) bond motifs is 1. The van der Waals surface area contributed by atoms with Gasteiger partial charge in [-0.3, -0.25) is 14.6 Å². The Labute approximate surface area is 194 Å². The SMILES string of the molecule is Cc1cncc(-c2ccc(OCC3CN(C(=O)c4cc5c(cc4F)OCC(=O)N5)C3)c(F)c2)c1. The van der Waals surface area contributed by atoms with Crippen molar-refractivity contribution >= 4 is 17.5 Å². The van der Waals surface area contributed by atoms with Gasteiger partial charge in [-0.15, -0.1) is 0 Å². The van der Waals surface area contributed by atoms with E-state index in [4.69, 9.17) is 9.47 Å². The van der Waals surface area contributed by atoms with E-state index in [-0.39, 0.29) is 47.8 Å². The van der Waals surface area contributed by atoms with Gasteiger partial charge >= 0.3 is 0 Å². The maximum Gasteiger partial charge on any atom is 0.262 e. The number of aryl methyl sites for hydroxylation is 1. The van der Waals surface area contributed by atoms with Crippen LogP contribution in [0.2, 0.25) is 0 Å². The fourth-order valence-electron chi connectivity index (χ4n) is 3.99. The predicted molar refractivity (Wildman–Crippen MR) is 120 cm³/mol. The lowest BCUT2D eigenvalue weighted by atomic mass is 9.99. The fraction of sp³-hybridized carbons (Fsp3) is 0.240. The van der Waals surface area contributed by atoms with Gasteiger partial charge in [0.1, 0.15) is 11.6 Å². The summed E-state index contributed by atoms with van der Waals surface area (Å²) in [6.45, 7) is 2.66. The van der Waals surface area contributed by atoms with Crippen LogP contribution in [0.15, 0.2) is 48.8 Å². The number of hydrogen-bond donors (Lipinski definition) is 1. The number of nitrogens with one attached hydrogen (secondary N) is 1. The molecule has 0 bridgehead atoms. The number of anilines is 1. The van der Waals surface area contributed by atoms with Crippen LogP contribution >= 0.6 is 0 Å². The molecule has 5 rings (SSSR count). The number of nitrogens with zero attached hydrogens (tertiary/aromatic N) is 2. The summed E-state index contributed by atoms with van der Waals surface area (Å²) >= 11 is 0. The quantitative estimate of drug-likeness (QED) is 0.620. The molecule has 3 heterocycles. The number of carbonyl (C=O) groups excluding carboxylic acids is 2. The fourth-order valence-corrected chi connectivity index (χ4v) is 3.99. The minimum absolute atomic E-state index is 0.00674. The Hall–Kier alpha value is -4.01. The normalized spacial score (nSPS) is 15.1. The van der Waals surface area contributed by atoms with Crippen LogP contribution < -0.4 is 14.8 Å². The molecule has 0 saturated carbocycles. The van der Waals surface area contributed by atoms with Crippen LogP contribution in [0.5, 0.6) is 11.5 Å². The van der Waals surface area contributed by atoms with E-state index >= 15 is 0 Å². The zero-order valence-corrected chi connectivity index (χ0v) is 18.3. The summed E-state index contributed by atoms with van der Waals surface area (Å²) < 4.78 is 39.8. The largest absolute Gasteiger partial charge is 0.490 e. The number of benzene rings is 2. The first-order valence-corrected chi connectivity index (χ1v) is 10.8. The summed E-state index contributed by atoms with van der Waals surface area (Å²) in [7, 11) is 0. The third-order valence-electron chi connectivity index (χ3n) is 5.79. The van der Waals surface area contributed by atoms with Crippen molar-refractivity contribution in [2.45, 2.75) is 6.92 Å². The molecule has 2 aliphatic heterocycles. The molecule has 0 radical (unpaired) electrons. The lowest BCUT2D eigenvalue weighted by Gasteiger charge is -2.39. The minimum atomic E-state index is -0.717. The van der Waals surface area contributed by atoms with E-state index < -0.39 is 17.5 Å². The molecule has 174 valence electrons. The highest BCUT2D eigenvalue weighted by Crippen LogP contribution is 2.32. The first kappa shape index (κ1) is 21.8. The van der Waals surface area contributed by atoms with Gasteiger partial charge in [0.2, 0.25) is 0 Å². The zero-order chi connectivity index (χ0) is 23.8. The van der Waals surface area contributed by atoms with Gasteiger partial charge in [0, 0.05) is 43.0 Å². The van der Waals surface area contributed by atoms with Gasteiger partial charge in [0.25, 0.3) is 11.8 Å². The highest BCUT2D eigenvalue weighted by atomic mass is 19.1. The molecule has 1 saturated heterocycles. The van der Waals surface area contributed by atoms with Crippen molar-refractivity contribution < 1.29 is 27.8 Å². The van der Waals surface area contributed by atoms with E-state index in [0.29, 0.717) is 18.7 Å². The number of amides is 2. The van der Waals surface area contributed by atoms with Crippen LogP contribution in [0.1, 0.15) is 15.9 Å². The van der Waals surface area contributed by atoms with Gasteiger partial charge in [-0.2, -0.15) is 0 Å². The number of hydrogen-bond acceptors (Lipinski definition) is 5. The molecule has 2 aliphatic rings. The summed E-state index contributed by atoms with van der Waals surface area (Å²) in [5, 5.41) is 2.57. The van der Waals surface area contributed by atoms with E-state index in [1.807, 2.05) is 13.0 Å². The number of aromatic nitrogens is 1. The van der Waals surface area contributed by atoms with E-state index in [1.54, 1.807) is 24.5 Å². The van der Waals surface area contributed by atoms with Crippen LogP contribution in [-0.4, -0.2) is 48.0 Å². The molecule has 9 heteroatoms. The molecule has 34 heavy (non-hydrogen) atoms. The third kappa shape index (κ3) is 4.28. The molecular weight excluding hydrogens is 444 g/mol. The van der Waals surface area contributed by atoms with Crippen LogP contribution in [0.3, 0.4) is 0 Å². The molecule has 1 N–H and O–H groups in total. The lowest BCUT2D eigenvalue weighted by Crippen LogP contribution is -2.52. The Morgan fingerprint density at radius 2 is 1.97 bits per heavy atom. The van der Waals surface area contributed by atoms with Crippen molar-refractivity contribution in [3.8, 4) is 22.6 Å². The van der Waals surface area contributed by atoms with Crippen molar-refractivity contribution in [3.05, 3.63) is 71.6 Å². The number of likely N-dealkylation sites (tertiary alicyclic amines) is 1. The van der Waals surface area contributed by atoms with Crippen molar-refractivity contribution in [3.63, 3.8) is 0 Å². The van der Waals surface area contributed by atoms with Crippen LogP contribution in [0, 0.1) is 24.5 Å². The molecule has 2 amide bonds. The molecule has 1 fully saturated rings. The van der Waals surface area contributed by atoms with Gasteiger partial charge in [0.15, 0.2) is 18.2 Å². The lowest BCUT2D eigenvalue weighted by molar-refractivity contribution is -0.118. The van der Waals surface area contributed by atoms with E-state index in [9.17, 15) is 18.4 Å². The average Bonchev–Trinajstić information content (AvgIpc) is 2.78. The van der Waals surface area contributed by atoms with Crippen LogP contribution in [-0.2, 0) is 4.79 Å². The number of rotatable bonds is 5. The Morgan fingerprint density at radius 1 is 1.15 bits per heavy atom. The van der Waals surface area contributed by atoms with Gasteiger partial charge in [-0.05, 0) is 42.3 Å². The van der Waals surface area contributed by atoms with Gasteiger partial charge in [0.05, 0.1) is 17.9 Å². The highest BCUT2D eigenvalue weighted by molar-refractivity contribution is 6.00. The summed E-state index contributed by atoms with van der Waals surface area (Å²) in [6, 6.07) is 9.06. The second-order valence-corrected chi connectivity index (χ2v) is 8.45. The molecule has 0 aliphatic carbocycles. The standard InChI is InChI=1S/C25H21F2N3O4/c1-14-4-17(9-28-8-14)16-2-3-22(20(27)5-16)33-12-15-10-30(11-15)25(32)18-6-21-23(7-19(18)26)34-13-24(31)29-21/h2-9,15H,10-13H2,1H3,(H,29,31). The molecular formula is C25H21F2N3O4. The second-order valence-electron chi connectivity index (χ2n) is 8.45. The first-order valence-electron chi connectivity index (χ1n) is 10.8. The van der Waals surface area contributed by atoms with E-state index in [1.165, 1.54) is 17.0 Å². The summed E-state index contributed by atoms with van der Waals surface area (Å²) in [5.41, 5.74) is 2.63. The number of pyridine rings is 1. The van der Waals surface area contributed by atoms with Crippen molar-refractivity contribution in [2.75, 3.05) is 31.6 Å². The Kier molecular flexibility index (Phi) is 5.61. The van der Waals surface area contributed by atoms with Crippen molar-refractivity contribution in [1.82, 2.24) is 9.88 Å². The third-order valence-corrected chi connectivity index (χ3v) is 5.79. The molecule has 0 spiro atoms. The monoisotopic (exact) mass is 465 g/mol. The van der Waals surface area contributed by atoms with Crippen molar-refractivity contribution in [2.24, 2.45) is 5.92 Å². The molecule has 1 aromatic heterocycles.